The number of methoxy groups -OCH3 is 1. The highest BCUT2D eigenvalue weighted by atomic mass is 32.1. The fourth-order valence-corrected chi connectivity index (χ4v) is 1.16. The van der Waals surface area contributed by atoms with Crippen molar-refractivity contribution in [2.24, 2.45) is 5.41 Å². The molecule has 0 aliphatic carbocycles. The Morgan fingerprint density at radius 2 is 2.00 bits per heavy atom. The predicted molar refractivity (Wildman–Crippen MR) is 69.1 cm³/mol. The molecule has 90 valence electrons. The zero-order chi connectivity index (χ0) is 11.9. The first kappa shape index (κ1) is 14.6. The molecule has 1 unspecified atom stereocenters. The molecule has 0 radical (unpaired) electrons. The van der Waals surface area contributed by atoms with Crippen molar-refractivity contribution in [2.75, 3.05) is 20.3 Å². The quantitative estimate of drug-likeness (QED) is 0.560. The first-order chi connectivity index (χ1) is 6.88. The van der Waals surface area contributed by atoms with Gasteiger partial charge in [-0.05, 0) is 31.0 Å². The lowest BCUT2D eigenvalue weighted by Gasteiger charge is -2.29. The van der Waals surface area contributed by atoms with Crippen LogP contribution in [-0.4, -0.2) is 31.4 Å². The molecule has 0 aliphatic heterocycles. The fourth-order valence-electron chi connectivity index (χ4n) is 0.883. The SMILES string of the molecule is COCCCNC(=S)NC(C)C(C)(C)C. The largest absolute Gasteiger partial charge is 0.385 e. The van der Waals surface area contributed by atoms with E-state index in [0.29, 0.717) is 6.04 Å². The Bertz CT molecular complexity index is 190. The van der Waals surface area contributed by atoms with Crippen LogP contribution in [0.15, 0.2) is 0 Å². The molecule has 2 N–H and O–H groups in total. The van der Waals surface area contributed by atoms with Crippen LogP contribution in [-0.2, 0) is 4.74 Å². The summed E-state index contributed by atoms with van der Waals surface area (Å²) in [6, 6.07) is 0.361. The van der Waals surface area contributed by atoms with Crippen LogP contribution in [0.3, 0.4) is 0 Å². The van der Waals surface area contributed by atoms with Gasteiger partial charge in [0.25, 0.3) is 0 Å². The summed E-state index contributed by atoms with van der Waals surface area (Å²) in [5.41, 5.74) is 0.221. The van der Waals surface area contributed by atoms with Crippen molar-refractivity contribution in [1.82, 2.24) is 10.6 Å². The highest BCUT2D eigenvalue weighted by molar-refractivity contribution is 7.80. The summed E-state index contributed by atoms with van der Waals surface area (Å²) in [7, 11) is 1.71. The Morgan fingerprint density at radius 1 is 1.40 bits per heavy atom. The van der Waals surface area contributed by atoms with Gasteiger partial charge < -0.3 is 15.4 Å². The second-order valence-electron chi connectivity index (χ2n) is 4.83. The number of thiocarbonyl (C=S) groups is 1. The minimum atomic E-state index is 0.221. The number of rotatable bonds is 5. The maximum absolute atomic E-state index is 5.19. The Morgan fingerprint density at radius 3 is 2.47 bits per heavy atom. The lowest BCUT2D eigenvalue weighted by molar-refractivity contribution is 0.195. The molecule has 4 heteroatoms. The van der Waals surface area contributed by atoms with E-state index in [0.717, 1.165) is 24.7 Å². The van der Waals surface area contributed by atoms with Crippen LogP contribution in [0.4, 0.5) is 0 Å². The zero-order valence-corrected chi connectivity index (χ0v) is 11.3. The van der Waals surface area contributed by atoms with Gasteiger partial charge in [0.2, 0.25) is 0 Å². The monoisotopic (exact) mass is 232 g/mol. The first-order valence-corrected chi connectivity index (χ1v) is 5.82. The van der Waals surface area contributed by atoms with Crippen molar-refractivity contribution in [1.29, 1.82) is 0 Å². The zero-order valence-electron chi connectivity index (χ0n) is 10.5. The van der Waals surface area contributed by atoms with Gasteiger partial charge in [0.15, 0.2) is 5.11 Å². The molecule has 0 rings (SSSR count). The van der Waals surface area contributed by atoms with Crippen LogP contribution < -0.4 is 10.6 Å². The third-order valence-electron chi connectivity index (χ3n) is 2.46. The molecule has 0 amide bonds. The summed E-state index contributed by atoms with van der Waals surface area (Å²) in [5.74, 6) is 0. The minimum absolute atomic E-state index is 0.221. The van der Waals surface area contributed by atoms with Gasteiger partial charge in [0.05, 0.1) is 0 Å². The van der Waals surface area contributed by atoms with Crippen molar-refractivity contribution < 1.29 is 4.74 Å². The lowest BCUT2D eigenvalue weighted by Crippen LogP contribution is -2.46. The van der Waals surface area contributed by atoms with Crippen molar-refractivity contribution in [3.63, 3.8) is 0 Å². The van der Waals surface area contributed by atoms with Gasteiger partial charge in [-0.25, -0.2) is 0 Å². The average molecular weight is 232 g/mol. The molecule has 3 nitrogen and oxygen atoms in total. The summed E-state index contributed by atoms with van der Waals surface area (Å²) in [4.78, 5) is 0. The standard InChI is InChI=1S/C11H24N2OS/c1-9(11(2,3)4)13-10(15)12-7-6-8-14-5/h9H,6-8H2,1-5H3,(H2,12,13,15). The third-order valence-corrected chi connectivity index (χ3v) is 2.72. The van der Waals surface area contributed by atoms with Gasteiger partial charge in [-0.15, -0.1) is 0 Å². The third kappa shape index (κ3) is 7.56. The Labute approximate surface area is 99.0 Å². The summed E-state index contributed by atoms with van der Waals surface area (Å²) < 4.78 is 4.96. The van der Waals surface area contributed by atoms with Crippen LogP contribution in [0.25, 0.3) is 0 Å². The predicted octanol–water partition coefficient (Wildman–Crippen LogP) is 1.92. The van der Waals surface area contributed by atoms with Gasteiger partial charge >= 0.3 is 0 Å². The molecule has 15 heavy (non-hydrogen) atoms. The summed E-state index contributed by atoms with van der Waals surface area (Å²) in [5, 5.41) is 7.17. The van der Waals surface area contributed by atoms with E-state index in [1.54, 1.807) is 7.11 Å². The van der Waals surface area contributed by atoms with Crippen LogP contribution in [0, 0.1) is 5.41 Å². The number of ether oxygens (including phenoxy) is 1. The van der Waals surface area contributed by atoms with Gasteiger partial charge in [-0.2, -0.15) is 0 Å². The summed E-state index contributed by atoms with van der Waals surface area (Å²) in [6.45, 7) is 10.3. The van der Waals surface area contributed by atoms with Crippen LogP contribution in [0.1, 0.15) is 34.1 Å². The van der Waals surface area contributed by atoms with E-state index in [1.807, 2.05) is 0 Å². The molecule has 0 spiro atoms. The Kier molecular flexibility index (Phi) is 6.85. The first-order valence-electron chi connectivity index (χ1n) is 5.41. The van der Waals surface area contributed by atoms with E-state index in [9.17, 15) is 0 Å². The summed E-state index contributed by atoms with van der Waals surface area (Å²) in [6.07, 6.45) is 0.974. The van der Waals surface area contributed by atoms with Crippen LogP contribution in [0.2, 0.25) is 0 Å². The molecule has 0 aromatic rings. The normalized spacial score (nSPS) is 13.4. The van der Waals surface area contributed by atoms with Crippen molar-refractivity contribution in [3.05, 3.63) is 0 Å². The maximum Gasteiger partial charge on any atom is 0.166 e. The van der Waals surface area contributed by atoms with Gasteiger partial charge in [0.1, 0.15) is 0 Å². The molecule has 0 aliphatic rings. The van der Waals surface area contributed by atoms with Crippen LogP contribution >= 0.6 is 12.2 Å². The highest BCUT2D eigenvalue weighted by Gasteiger charge is 2.20. The number of hydrogen-bond acceptors (Lipinski definition) is 2. The molecular formula is C11H24N2OS. The van der Waals surface area contributed by atoms with E-state index in [2.05, 4.69) is 38.3 Å². The molecule has 0 heterocycles. The Balaban J connectivity index is 3.65. The van der Waals surface area contributed by atoms with E-state index < -0.39 is 0 Å². The minimum Gasteiger partial charge on any atom is -0.385 e. The maximum atomic E-state index is 5.19. The van der Waals surface area contributed by atoms with Gasteiger partial charge in [0, 0.05) is 26.3 Å². The van der Waals surface area contributed by atoms with E-state index in [1.165, 1.54) is 0 Å². The van der Waals surface area contributed by atoms with Crippen molar-refractivity contribution in [2.45, 2.75) is 40.2 Å². The van der Waals surface area contributed by atoms with Crippen LogP contribution in [0.5, 0.6) is 0 Å². The molecule has 0 fully saturated rings. The Hall–Kier alpha value is -0.350. The topological polar surface area (TPSA) is 33.3 Å². The van der Waals surface area contributed by atoms with Gasteiger partial charge in [-0.1, -0.05) is 20.8 Å². The van der Waals surface area contributed by atoms with E-state index in [-0.39, 0.29) is 5.41 Å². The highest BCUT2D eigenvalue weighted by Crippen LogP contribution is 2.18. The second kappa shape index (κ2) is 7.01. The average Bonchev–Trinajstić information content (AvgIpc) is 2.11. The molecule has 0 aromatic carbocycles. The van der Waals surface area contributed by atoms with Crippen molar-refractivity contribution >= 4 is 17.3 Å². The number of nitrogens with one attached hydrogen (secondary N) is 2. The molecule has 1 atom stereocenters. The smallest absolute Gasteiger partial charge is 0.166 e. The summed E-state index contributed by atoms with van der Waals surface area (Å²) >= 11 is 5.19. The van der Waals surface area contributed by atoms with E-state index in [4.69, 9.17) is 17.0 Å². The molecule has 0 saturated heterocycles. The molecule has 0 bridgehead atoms. The second-order valence-corrected chi connectivity index (χ2v) is 5.24. The molecule has 0 saturated carbocycles. The van der Waals surface area contributed by atoms with E-state index >= 15 is 0 Å². The van der Waals surface area contributed by atoms with Gasteiger partial charge in [-0.3, -0.25) is 0 Å². The fraction of sp³-hybridized carbons (Fsp3) is 0.909. The number of hydrogen-bond donors (Lipinski definition) is 2. The molecular weight excluding hydrogens is 208 g/mol. The lowest BCUT2D eigenvalue weighted by atomic mass is 9.88. The van der Waals surface area contributed by atoms with Crippen molar-refractivity contribution in [3.8, 4) is 0 Å². The molecule has 0 aromatic heterocycles.